The zero-order chi connectivity index (χ0) is 12.0. The molecule has 0 aromatic carbocycles. The Morgan fingerprint density at radius 1 is 1.41 bits per heavy atom. The fourth-order valence-electron chi connectivity index (χ4n) is 2.39. The highest BCUT2D eigenvalue weighted by molar-refractivity contribution is 6.71. The van der Waals surface area contributed by atoms with E-state index in [0.29, 0.717) is 18.0 Å². The molecule has 3 atom stereocenters. The first kappa shape index (κ1) is 10.9. The van der Waals surface area contributed by atoms with Crippen LogP contribution in [-0.4, -0.2) is 40.1 Å². The summed E-state index contributed by atoms with van der Waals surface area (Å²) in [6.07, 6.45) is 3.17. The third-order valence-corrected chi connectivity index (χ3v) is 3.76. The molecule has 0 radical (unpaired) electrons. The Kier molecular flexibility index (Phi) is 2.31. The highest BCUT2D eigenvalue weighted by Gasteiger charge is 2.44. The monoisotopic (exact) mass is 253 g/mol. The molecular formula is C10H12ClN5O. The fraction of sp³-hybridized carbons (Fsp3) is 0.600. The second-order valence-electron chi connectivity index (χ2n) is 4.45. The first-order valence-corrected chi connectivity index (χ1v) is 5.89. The second-order valence-corrected chi connectivity index (χ2v) is 5.01. The molecule has 3 N–H and O–H groups in total. The third-order valence-electron chi connectivity index (χ3n) is 3.29. The summed E-state index contributed by atoms with van der Waals surface area (Å²) in [7, 11) is 0. The maximum Gasteiger partial charge on any atom is 0.232 e. The molecule has 17 heavy (non-hydrogen) atoms. The van der Waals surface area contributed by atoms with E-state index in [1.165, 1.54) is 6.34 Å². The predicted molar refractivity (Wildman–Crippen MR) is 66.9 cm³/mol. The van der Waals surface area contributed by atoms with Gasteiger partial charge in [-0.25, -0.2) is 20.0 Å². The van der Waals surface area contributed by atoms with Crippen LogP contribution in [0.25, 0.3) is 0 Å². The maximum atomic E-state index is 9.56. The van der Waals surface area contributed by atoms with Crippen LogP contribution in [-0.2, 0) is 0 Å². The van der Waals surface area contributed by atoms with Crippen molar-refractivity contribution in [2.75, 3.05) is 0 Å². The van der Waals surface area contributed by atoms with E-state index in [0.717, 1.165) is 12.8 Å². The number of hydrogen-bond donors (Lipinski definition) is 2. The van der Waals surface area contributed by atoms with Crippen LogP contribution in [0.3, 0.4) is 0 Å². The van der Waals surface area contributed by atoms with Crippen molar-refractivity contribution in [3.63, 3.8) is 0 Å². The van der Waals surface area contributed by atoms with Gasteiger partial charge in [-0.3, -0.25) is 0 Å². The summed E-state index contributed by atoms with van der Waals surface area (Å²) < 4.78 is 0. The Morgan fingerprint density at radius 2 is 2.24 bits per heavy atom. The molecule has 0 aromatic rings. The molecule has 1 aliphatic carbocycles. The van der Waals surface area contributed by atoms with Crippen molar-refractivity contribution in [2.24, 2.45) is 31.6 Å². The lowest BCUT2D eigenvalue weighted by Crippen LogP contribution is -2.41. The Labute approximate surface area is 103 Å². The van der Waals surface area contributed by atoms with E-state index in [9.17, 15) is 5.11 Å². The lowest BCUT2D eigenvalue weighted by molar-refractivity contribution is 0.173. The van der Waals surface area contributed by atoms with Gasteiger partial charge < -0.3 is 10.8 Å². The number of halogens is 1. The van der Waals surface area contributed by atoms with Gasteiger partial charge in [-0.15, -0.1) is 0 Å². The van der Waals surface area contributed by atoms with Crippen molar-refractivity contribution in [3.05, 3.63) is 0 Å². The van der Waals surface area contributed by atoms with Gasteiger partial charge in [0, 0.05) is 5.92 Å². The molecule has 2 aliphatic heterocycles. The molecule has 0 amide bonds. The molecule has 0 saturated heterocycles. The molecule has 0 aromatic heterocycles. The summed E-state index contributed by atoms with van der Waals surface area (Å²) >= 11 is 6.41. The molecular weight excluding hydrogens is 242 g/mol. The molecule has 1 saturated carbocycles. The number of fused-ring (bicyclic) bond motifs is 1. The molecule has 2 heterocycles. The molecule has 0 spiro atoms. The van der Waals surface area contributed by atoms with Crippen molar-refractivity contribution in [1.29, 1.82) is 0 Å². The standard InChI is InChI=1S/C10H12ClN5O/c11-10(5-1-2-6(17)3-5)15-8(12)7-9(16-10)14-4-13-7/h4-6,17H,1-3H2,(H2,12,15)/t5-,6-,10?/m1/s1. The van der Waals surface area contributed by atoms with Crippen LogP contribution in [0.2, 0.25) is 0 Å². The second kappa shape index (κ2) is 3.61. The topological polar surface area (TPSA) is 95.7 Å². The summed E-state index contributed by atoms with van der Waals surface area (Å²) in [6.45, 7) is 0. The molecule has 0 bridgehead atoms. The number of aliphatic hydroxyl groups is 1. The van der Waals surface area contributed by atoms with Crippen LogP contribution in [0.1, 0.15) is 19.3 Å². The number of alkyl halides is 1. The summed E-state index contributed by atoms with van der Waals surface area (Å²) in [4.78, 5) is 16.5. The fourth-order valence-corrected chi connectivity index (χ4v) is 2.76. The molecule has 7 heteroatoms. The third kappa shape index (κ3) is 1.68. The number of hydrogen-bond acceptors (Lipinski definition) is 6. The van der Waals surface area contributed by atoms with E-state index >= 15 is 0 Å². The summed E-state index contributed by atoms with van der Waals surface area (Å²) in [5.41, 5.74) is 6.30. The summed E-state index contributed by atoms with van der Waals surface area (Å²) in [5, 5.41) is 8.43. The van der Waals surface area contributed by atoms with Crippen molar-refractivity contribution >= 4 is 35.3 Å². The lowest BCUT2D eigenvalue weighted by atomic mass is 10.0. The van der Waals surface area contributed by atoms with E-state index in [2.05, 4.69) is 20.0 Å². The van der Waals surface area contributed by atoms with Gasteiger partial charge in [0.15, 0.2) is 17.4 Å². The van der Waals surface area contributed by atoms with Crippen molar-refractivity contribution < 1.29 is 5.11 Å². The van der Waals surface area contributed by atoms with Crippen molar-refractivity contribution in [2.45, 2.75) is 30.5 Å². The minimum absolute atomic E-state index is 0.0115. The van der Waals surface area contributed by atoms with Gasteiger partial charge in [0.1, 0.15) is 6.34 Å². The Morgan fingerprint density at radius 3 is 2.94 bits per heavy atom. The average Bonchev–Trinajstić information content (AvgIpc) is 2.86. The highest BCUT2D eigenvalue weighted by atomic mass is 35.5. The first-order chi connectivity index (χ1) is 8.08. The number of nitrogens with two attached hydrogens (primary N) is 1. The summed E-state index contributed by atoms with van der Waals surface area (Å²) in [5.74, 6) is 0.695. The highest BCUT2D eigenvalue weighted by Crippen LogP contribution is 2.42. The van der Waals surface area contributed by atoms with Crippen LogP contribution in [0.5, 0.6) is 0 Å². The number of aliphatic imine (C=N–C) groups is 4. The van der Waals surface area contributed by atoms with Gasteiger partial charge in [0.05, 0.1) is 6.10 Å². The Balaban J connectivity index is 1.96. The van der Waals surface area contributed by atoms with Gasteiger partial charge >= 0.3 is 0 Å². The first-order valence-electron chi connectivity index (χ1n) is 5.52. The van der Waals surface area contributed by atoms with Crippen LogP contribution in [0, 0.1) is 5.92 Å². The van der Waals surface area contributed by atoms with Gasteiger partial charge in [-0.1, -0.05) is 11.6 Å². The number of amidine groups is 2. The zero-order valence-corrected chi connectivity index (χ0v) is 9.80. The maximum absolute atomic E-state index is 9.56. The molecule has 1 unspecified atom stereocenters. The minimum Gasteiger partial charge on any atom is -0.393 e. The van der Waals surface area contributed by atoms with E-state index in [4.69, 9.17) is 17.3 Å². The van der Waals surface area contributed by atoms with Crippen LogP contribution >= 0.6 is 11.6 Å². The Bertz CT molecular complexity index is 483. The Hall–Kier alpha value is -1.27. The lowest BCUT2D eigenvalue weighted by Gasteiger charge is -2.28. The van der Waals surface area contributed by atoms with Crippen LogP contribution < -0.4 is 5.73 Å². The van der Waals surface area contributed by atoms with Crippen LogP contribution in [0.4, 0.5) is 0 Å². The molecule has 6 nitrogen and oxygen atoms in total. The largest absolute Gasteiger partial charge is 0.393 e. The zero-order valence-electron chi connectivity index (χ0n) is 9.04. The van der Waals surface area contributed by atoms with Crippen molar-refractivity contribution in [3.8, 4) is 0 Å². The normalized spacial score (nSPS) is 39.8. The van der Waals surface area contributed by atoms with Gasteiger partial charge in [-0.2, -0.15) is 0 Å². The van der Waals surface area contributed by atoms with E-state index < -0.39 is 5.12 Å². The average molecular weight is 254 g/mol. The molecule has 90 valence electrons. The van der Waals surface area contributed by atoms with Gasteiger partial charge in [-0.05, 0) is 19.3 Å². The summed E-state index contributed by atoms with van der Waals surface area (Å²) in [6, 6.07) is 0. The van der Waals surface area contributed by atoms with Crippen LogP contribution in [0.15, 0.2) is 20.0 Å². The van der Waals surface area contributed by atoms with E-state index in [1.807, 2.05) is 0 Å². The van der Waals surface area contributed by atoms with Gasteiger partial charge in [0.2, 0.25) is 5.12 Å². The van der Waals surface area contributed by atoms with Gasteiger partial charge in [0.25, 0.3) is 0 Å². The molecule has 3 rings (SSSR count). The van der Waals surface area contributed by atoms with E-state index in [1.54, 1.807) is 0 Å². The number of aliphatic hydroxyl groups excluding tert-OH is 1. The predicted octanol–water partition coefficient (Wildman–Crippen LogP) is 0.292. The molecule has 1 fully saturated rings. The molecule has 3 aliphatic rings. The SMILES string of the molecule is NC1=NC(Cl)([C@@H]2CC[C@@H](O)C2)N=C2N=CN=C12. The van der Waals surface area contributed by atoms with E-state index in [-0.39, 0.29) is 17.9 Å². The number of nitrogens with zero attached hydrogens (tertiary/aromatic N) is 4. The smallest absolute Gasteiger partial charge is 0.232 e. The number of rotatable bonds is 1. The van der Waals surface area contributed by atoms with Crippen molar-refractivity contribution in [1.82, 2.24) is 0 Å². The minimum atomic E-state index is -1.13. The quantitative estimate of drug-likeness (QED) is 0.519.